The maximum absolute atomic E-state index is 12.4. The maximum atomic E-state index is 12.4. The molecule has 0 atom stereocenters. The molecule has 0 amide bonds. The van der Waals surface area contributed by atoms with Gasteiger partial charge in [-0.2, -0.15) is 0 Å². The molecule has 0 aliphatic carbocycles. The number of aryl methyl sites for hydroxylation is 1. The van der Waals surface area contributed by atoms with Crippen LogP contribution in [0.2, 0.25) is 0 Å². The second kappa shape index (κ2) is 7.43. The molecule has 4 heteroatoms. The summed E-state index contributed by atoms with van der Waals surface area (Å²) in [6.07, 6.45) is 5.65. The summed E-state index contributed by atoms with van der Waals surface area (Å²) in [5, 5.41) is 20.0. The van der Waals surface area contributed by atoms with E-state index >= 15 is 0 Å². The topological polar surface area (TPSA) is 70.7 Å². The molecule has 2 N–H and O–H groups in total. The molecule has 0 bridgehead atoms. The van der Waals surface area contributed by atoms with Crippen molar-refractivity contribution < 1.29 is 14.6 Å². The molecule has 0 saturated heterocycles. The first kappa shape index (κ1) is 17.1. The molecule has 0 radical (unpaired) electrons. The van der Waals surface area contributed by atoms with Gasteiger partial charge in [-0.15, -0.1) is 0 Å². The molecular weight excluding hydrogens is 316 g/mol. The lowest BCUT2D eigenvalue weighted by atomic mass is 10.0. The van der Waals surface area contributed by atoms with Crippen LogP contribution in [0.3, 0.4) is 0 Å². The van der Waals surface area contributed by atoms with Gasteiger partial charge in [0.2, 0.25) is 11.2 Å². The first-order chi connectivity index (χ1) is 12.1. The molecule has 1 aromatic heterocycles. The van der Waals surface area contributed by atoms with Crippen LogP contribution in [0.25, 0.3) is 22.3 Å². The first-order valence-electron chi connectivity index (χ1n) is 8.68. The summed E-state index contributed by atoms with van der Waals surface area (Å²) in [7, 11) is 0. The SMILES string of the molecule is CCCCCCc1ccc2c(=O)c(O)c(-c3ccc(O)cc3)oc2c1. The van der Waals surface area contributed by atoms with E-state index in [0.29, 0.717) is 16.5 Å². The van der Waals surface area contributed by atoms with E-state index in [4.69, 9.17) is 4.42 Å². The van der Waals surface area contributed by atoms with Gasteiger partial charge in [0.05, 0.1) is 5.39 Å². The Kier molecular flexibility index (Phi) is 5.08. The third-order valence-electron chi connectivity index (χ3n) is 4.38. The Balaban J connectivity index is 2.00. The number of hydrogen-bond donors (Lipinski definition) is 2. The molecule has 0 spiro atoms. The Labute approximate surface area is 146 Å². The summed E-state index contributed by atoms with van der Waals surface area (Å²) in [4.78, 5) is 12.4. The minimum absolute atomic E-state index is 0.112. The van der Waals surface area contributed by atoms with Gasteiger partial charge in [-0.05, 0) is 54.8 Å². The van der Waals surface area contributed by atoms with Gasteiger partial charge in [0.15, 0.2) is 5.76 Å². The van der Waals surface area contributed by atoms with Crippen LogP contribution < -0.4 is 5.43 Å². The number of benzene rings is 2. The van der Waals surface area contributed by atoms with Gasteiger partial charge in [0.25, 0.3) is 0 Å². The Morgan fingerprint density at radius 1 is 0.960 bits per heavy atom. The fourth-order valence-corrected chi connectivity index (χ4v) is 2.95. The molecular formula is C21H22O4. The Morgan fingerprint density at radius 2 is 1.72 bits per heavy atom. The number of phenolic OH excluding ortho intramolecular Hbond substituents is 1. The summed E-state index contributed by atoms with van der Waals surface area (Å²) in [6, 6.07) is 11.7. The summed E-state index contributed by atoms with van der Waals surface area (Å²) in [5.74, 6) is -0.171. The van der Waals surface area contributed by atoms with E-state index in [1.165, 1.54) is 31.4 Å². The van der Waals surface area contributed by atoms with Crippen molar-refractivity contribution in [1.82, 2.24) is 0 Å². The molecule has 0 unspecified atom stereocenters. The van der Waals surface area contributed by atoms with E-state index in [-0.39, 0.29) is 11.5 Å². The largest absolute Gasteiger partial charge is 0.508 e. The lowest BCUT2D eigenvalue weighted by Crippen LogP contribution is -2.03. The number of phenols is 1. The minimum Gasteiger partial charge on any atom is -0.508 e. The average molecular weight is 338 g/mol. The van der Waals surface area contributed by atoms with Crippen LogP contribution in [0.5, 0.6) is 11.5 Å². The summed E-state index contributed by atoms with van der Waals surface area (Å²) >= 11 is 0. The minimum atomic E-state index is -0.443. The highest BCUT2D eigenvalue weighted by Gasteiger charge is 2.15. The number of unbranched alkanes of at least 4 members (excludes halogenated alkanes) is 3. The van der Waals surface area contributed by atoms with Crippen molar-refractivity contribution in [2.45, 2.75) is 39.0 Å². The van der Waals surface area contributed by atoms with Crippen LogP contribution in [-0.2, 0) is 6.42 Å². The van der Waals surface area contributed by atoms with Gasteiger partial charge in [-0.1, -0.05) is 32.3 Å². The Bertz CT molecular complexity index is 923. The molecule has 0 aliphatic rings. The third-order valence-corrected chi connectivity index (χ3v) is 4.38. The van der Waals surface area contributed by atoms with Gasteiger partial charge in [0.1, 0.15) is 11.3 Å². The summed E-state index contributed by atoms with van der Waals surface area (Å²) in [6.45, 7) is 2.18. The van der Waals surface area contributed by atoms with E-state index < -0.39 is 11.2 Å². The fraction of sp³-hybridized carbons (Fsp3) is 0.286. The van der Waals surface area contributed by atoms with E-state index in [1.807, 2.05) is 12.1 Å². The van der Waals surface area contributed by atoms with Crippen LogP contribution in [0.1, 0.15) is 38.2 Å². The molecule has 0 aliphatic heterocycles. The van der Waals surface area contributed by atoms with Gasteiger partial charge in [-0.3, -0.25) is 4.79 Å². The van der Waals surface area contributed by atoms with Crippen molar-refractivity contribution >= 4 is 11.0 Å². The Morgan fingerprint density at radius 3 is 2.44 bits per heavy atom. The van der Waals surface area contributed by atoms with Crippen LogP contribution in [0.15, 0.2) is 51.7 Å². The van der Waals surface area contributed by atoms with Crippen molar-refractivity contribution in [2.24, 2.45) is 0 Å². The van der Waals surface area contributed by atoms with Crippen molar-refractivity contribution in [2.75, 3.05) is 0 Å². The van der Waals surface area contributed by atoms with Crippen molar-refractivity contribution in [3.05, 3.63) is 58.3 Å². The molecule has 25 heavy (non-hydrogen) atoms. The van der Waals surface area contributed by atoms with Gasteiger partial charge >= 0.3 is 0 Å². The number of fused-ring (bicyclic) bond motifs is 1. The van der Waals surface area contributed by atoms with Crippen molar-refractivity contribution in [3.8, 4) is 22.8 Å². The fourth-order valence-electron chi connectivity index (χ4n) is 2.95. The van der Waals surface area contributed by atoms with E-state index in [2.05, 4.69) is 6.92 Å². The number of hydrogen-bond acceptors (Lipinski definition) is 4. The highest BCUT2D eigenvalue weighted by Crippen LogP contribution is 2.31. The third kappa shape index (κ3) is 3.68. The summed E-state index contributed by atoms with van der Waals surface area (Å²) in [5.41, 5.74) is 1.69. The molecule has 0 fully saturated rings. The van der Waals surface area contributed by atoms with Crippen LogP contribution in [0, 0.1) is 0 Å². The zero-order chi connectivity index (χ0) is 17.8. The monoisotopic (exact) mass is 338 g/mol. The van der Waals surface area contributed by atoms with Crippen molar-refractivity contribution in [1.29, 1.82) is 0 Å². The first-order valence-corrected chi connectivity index (χ1v) is 8.68. The maximum Gasteiger partial charge on any atom is 0.235 e. The van der Waals surface area contributed by atoms with Crippen molar-refractivity contribution in [3.63, 3.8) is 0 Å². The smallest absolute Gasteiger partial charge is 0.235 e. The van der Waals surface area contributed by atoms with Gasteiger partial charge < -0.3 is 14.6 Å². The second-order valence-electron chi connectivity index (χ2n) is 6.30. The van der Waals surface area contributed by atoms with Crippen LogP contribution in [0.4, 0.5) is 0 Å². The van der Waals surface area contributed by atoms with Crippen LogP contribution in [-0.4, -0.2) is 10.2 Å². The lowest BCUT2D eigenvalue weighted by molar-refractivity contribution is 0.449. The highest BCUT2D eigenvalue weighted by molar-refractivity contribution is 5.82. The molecule has 0 saturated carbocycles. The number of aromatic hydroxyl groups is 2. The molecule has 130 valence electrons. The molecule has 2 aromatic carbocycles. The lowest BCUT2D eigenvalue weighted by Gasteiger charge is -2.08. The normalized spacial score (nSPS) is 11.1. The average Bonchev–Trinajstić information content (AvgIpc) is 2.62. The van der Waals surface area contributed by atoms with E-state index in [1.54, 1.807) is 18.2 Å². The molecule has 3 aromatic rings. The Hall–Kier alpha value is -2.75. The molecule has 4 nitrogen and oxygen atoms in total. The van der Waals surface area contributed by atoms with Gasteiger partial charge in [0, 0.05) is 5.56 Å². The quantitative estimate of drug-likeness (QED) is 0.621. The predicted molar refractivity (Wildman–Crippen MR) is 99.1 cm³/mol. The second-order valence-corrected chi connectivity index (χ2v) is 6.30. The predicted octanol–water partition coefficient (Wildman–Crippen LogP) is 4.99. The zero-order valence-electron chi connectivity index (χ0n) is 14.3. The molecule has 3 rings (SSSR count). The number of rotatable bonds is 6. The van der Waals surface area contributed by atoms with Gasteiger partial charge in [-0.25, -0.2) is 0 Å². The van der Waals surface area contributed by atoms with E-state index in [9.17, 15) is 15.0 Å². The summed E-state index contributed by atoms with van der Waals surface area (Å²) < 4.78 is 5.84. The molecule has 1 heterocycles. The highest BCUT2D eigenvalue weighted by atomic mass is 16.4. The van der Waals surface area contributed by atoms with E-state index in [0.717, 1.165) is 18.4 Å². The van der Waals surface area contributed by atoms with Crippen LogP contribution >= 0.6 is 0 Å². The standard InChI is InChI=1S/C21H22O4/c1-2-3-4-5-6-14-7-12-17-18(13-14)25-21(20(24)19(17)23)15-8-10-16(22)11-9-15/h7-13,22,24H,2-6H2,1H3. The zero-order valence-corrected chi connectivity index (χ0v) is 14.3.